The fourth-order valence-corrected chi connectivity index (χ4v) is 3.95. The van der Waals surface area contributed by atoms with Gasteiger partial charge in [0.05, 0.1) is 19.7 Å². The molecule has 3 rings (SSSR count). The smallest absolute Gasteiger partial charge is 0.227 e. The van der Waals surface area contributed by atoms with E-state index in [4.69, 9.17) is 4.74 Å². The van der Waals surface area contributed by atoms with Crippen molar-refractivity contribution in [2.24, 2.45) is 0 Å². The highest BCUT2D eigenvalue weighted by Crippen LogP contribution is 2.24. The van der Waals surface area contributed by atoms with Crippen LogP contribution < -0.4 is 4.74 Å². The maximum atomic E-state index is 13.4. The second-order valence-electron chi connectivity index (χ2n) is 8.21. The fourth-order valence-electron chi connectivity index (χ4n) is 3.95. The summed E-state index contributed by atoms with van der Waals surface area (Å²) in [5, 5.41) is 0. The third-order valence-corrected chi connectivity index (χ3v) is 5.82. The number of amides is 1. The van der Waals surface area contributed by atoms with Crippen LogP contribution in [0, 0.1) is 5.82 Å². The number of hydrogen-bond donors (Lipinski definition) is 0. The summed E-state index contributed by atoms with van der Waals surface area (Å²) in [7, 11) is 2.10. The molecule has 0 saturated carbocycles. The average Bonchev–Trinajstić information content (AvgIpc) is 2.78. The minimum atomic E-state index is -0.349. The highest BCUT2D eigenvalue weighted by molar-refractivity contribution is 5.80. The number of piperidine rings is 1. The Hall–Kier alpha value is -2.47. The lowest BCUT2D eigenvalue weighted by atomic mass is 10.0. The van der Waals surface area contributed by atoms with Gasteiger partial charge < -0.3 is 14.5 Å². The van der Waals surface area contributed by atoms with Crippen molar-refractivity contribution in [2.45, 2.75) is 44.7 Å². The third kappa shape index (κ3) is 7.03. The maximum absolute atomic E-state index is 13.4. The first-order valence-corrected chi connectivity index (χ1v) is 11.1. The Morgan fingerprint density at radius 1 is 1.10 bits per heavy atom. The average molecular weight is 431 g/mol. The molecule has 0 aromatic heterocycles. The molecular formula is C25H32F2N2O2. The number of carbonyl (C=O) groups is 1. The molecule has 2 aromatic rings. The summed E-state index contributed by atoms with van der Waals surface area (Å²) in [6, 6.07) is 14.1. The van der Waals surface area contributed by atoms with Crippen LogP contribution in [0.1, 0.15) is 36.8 Å². The van der Waals surface area contributed by atoms with Gasteiger partial charge in [0, 0.05) is 18.2 Å². The van der Waals surface area contributed by atoms with E-state index in [9.17, 15) is 13.6 Å². The Morgan fingerprint density at radius 3 is 2.52 bits per heavy atom. The van der Waals surface area contributed by atoms with Crippen molar-refractivity contribution in [2.75, 3.05) is 33.4 Å². The van der Waals surface area contributed by atoms with Crippen molar-refractivity contribution in [3.63, 3.8) is 0 Å². The zero-order valence-electron chi connectivity index (χ0n) is 18.2. The lowest BCUT2D eigenvalue weighted by Gasteiger charge is -2.37. The molecule has 0 unspecified atom stereocenters. The Bertz CT molecular complexity index is 821. The summed E-state index contributed by atoms with van der Waals surface area (Å²) in [6.45, 7) is 2.45. The van der Waals surface area contributed by atoms with Crippen LogP contribution in [-0.2, 0) is 17.8 Å². The highest BCUT2D eigenvalue weighted by Gasteiger charge is 2.27. The number of unbranched alkanes of at least 4 members (excludes halogenated alkanes) is 1. The second-order valence-corrected chi connectivity index (χ2v) is 8.21. The maximum Gasteiger partial charge on any atom is 0.227 e. The largest absolute Gasteiger partial charge is 0.493 e. The van der Waals surface area contributed by atoms with Gasteiger partial charge in [0.2, 0.25) is 5.91 Å². The van der Waals surface area contributed by atoms with Crippen LogP contribution >= 0.6 is 0 Å². The molecule has 1 fully saturated rings. The molecule has 0 spiro atoms. The van der Waals surface area contributed by atoms with Crippen molar-refractivity contribution in [1.82, 2.24) is 9.80 Å². The van der Waals surface area contributed by atoms with Crippen LogP contribution in [0.15, 0.2) is 48.5 Å². The van der Waals surface area contributed by atoms with Crippen LogP contribution in [-0.4, -0.2) is 55.2 Å². The van der Waals surface area contributed by atoms with E-state index in [0.29, 0.717) is 31.7 Å². The summed E-state index contributed by atoms with van der Waals surface area (Å²) in [4.78, 5) is 17.6. The summed E-state index contributed by atoms with van der Waals surface area (Å²) in [6.07, 6.45) is 3.20. The van der Waals surface area contributed by atoms with Crippen LogP contribution in [0.25, 0.3) is 0 Å². The number of hydrogen-bond acceptors (Lipinski definition) is 3. The van der Waals surface area contributed by atoms with E-state index in [1.165, 1.54) is 12.1 Å². The zero-order chi connectivity index (χ0) is 22.1. The molecule has 31 heavy (non-hydrogen) atoms. The van der Waals surface area contributed by atoms with E-state index < -0.39 is 0 Å². The van der Waals surface area contributed by atoms with Crippen LogP contribution in [0.4, 0.5) is 8.78 Å². The Balaban J connectivity index is 1.73. The van der Waals surface area contributed by atoms with E-state index in [1.807, 2.05) is 29.2 Å². The molecule has 2 aromatic carbocycles. The molecule has 1 aliphatic rings. The lowest BCUT2D eigenvalue weighted by Crippen LogP contribution is -2.46. The van der Waals surface area contributed by atoms with Crippen LogP contribution in [0.5, 0.6) is 5.75 Å². The van der Waals surface area contributed by atoms with Crippen molar-refractivity contribution < 1.29 is 18.3 Å². The zero-order valence-corrected chi connectivity index (χ0v) is 18.2. The van der Waals surface area contributed by atoms with E-state index in [0.717, 1.165) is 37.1 Å². The van der Waals surface area contributed by atoms with Crippen molar-refractivity contribution in [3.8, 4) is 5.75 Å². The molecule has 1 heterocycles. The molecule has 0 bridgehead atoms. The summed E-state index contributed by atoms with van der Waals surface area (Å²) >= 11 is 0. The minimum absolute atomic E-state index is 0.0405. The number of alkyl halides is 1. The van der Waals surface area contributed by atoms with Gasteiger partial charge in [0.15, 0.2) is 0 Å². The number of rotatable bonds is 10. The molecule has 0 radical (unpaired) electrons. The van der Waals surface area contributed by atoms with Gasteiger partial charge in [0.1, 0.15) is 11.6 Å². The van der Waals surface area contributed by atoms with Gasteiger partial charge in [0.25, 0.3) is 0 Å². The summed E-state index contributed by atoms with van der Waals surface area (Å²) in [5.41, 5.74) is 1.76. The monoisotopic (exact) mass is 430 g/mol. The van der Waals surface area contributed by atoms with Gasteiger partial charge in [-0.1, -0.05) is 30.3 Å². The van der Waals surface area contributed by atoms with Crippen LogP contribution in [0.2, 0.25) is 0 Å². The van der Waals surface area contributed by atoms with Crippen LogP contribution in [0.3, 0.4) is 0 Å². The fraction of sp³-hybridized carbons (Fsp3) is 0.480. The molecule has 6 heteroatoms. The van der Waals surface area contributed by atoms with Crippen molar-refractivity contribution in [1.29, 1.82) is 0 Å². The van der Waals surface area contributed by atoms with Crippen molar-refractivity contribution in [3.05, 3.63) is 65.5 Å². The first-order chi connectivity index (χ1) is 15.1. The summed E-state index contributed by atoms with van der Waals surface area (Å²) in [5.74, 6) is 0.443. The quantitative estimate of drug-likeness (QED) is 0.516. The van der Waals surface area contributed by atoms with Gasteiger partial charge in [-0.2, -0.15) is 0 Å². The third-order valence-electron chi connectivity index (χ3n) is 5.82. The number of ether oxygens (including phenoxy) is 1. The van der Waals surface area contributed by atoms with Gasteiger partial charge in [-0.25, -0.2) is 4.39 Å². The molecular weight excluding hydrogens is 398 g/mol. The Labute approximate surface area is 183 Å². The number of benzene rings is 2. The van der Waals surface area contributed by atoms with E-state index in [2.05, 4.69) is 11.9 Å². The predicted molar refractivity (Wildman–Crippen MR) is 118 cm³/mol. The first kappa shape index (κ1) is 23.2. The van der Waals surface area contributed by atoms with Gasteiger partial charge in [-0.15, -0.1) is 0 Å². The molecule has 0 atom stereocenters. The number of para-hydroxylation sites is 1. The van der Waals surface area contributed by atoms with Crippen molar-refractivity contribution >= 4 is 5.91 Å². The molecule has 0 N–H and O–H groups in total. The Kier molecular flexibility index (Phi) is 8.83. The molecule has 1 aliphatic heterocycles. The lowest BCUT2D eigenvalue weighted by molar-refractivity contribution is -0.134. The SMILES string of the molecule is CN1CCC(N(Cc2ccc(F)cc2)C(=O)Cc2ccccc2OCCCCF)CC1. The molecule has 0 aliphatic carbocycles. The highest BCUT2D eigenvalue weighted by atomic mass is 19.1. The van der Waals surface area contributed by atoms with Gasteiger partial charge >= 0.3 is 0 Å². The molecule has 1 amide bonds. The topological polar surface area (TPSA) is 32.8 Å². The second kappa shape index (κ2) is 11.8. The van der Waals surface area contributed by atoms with Gasteiger partial charge in [-0.05, 0) is 69.6 Å². The number of likely N-dealkylation sites (tertiary alicyclic amines) is 1. The minimum Gasteiger partial charge on any atom is -0.493 e. The van der Waals surface area contributed by atoms with E-state index >= 15 is 0 Å². The number of carbonyl (C=O) groups excluding carboxylic acids is 1. The Morgan fingerprint density at radius 2 is 1.81 bits per heavy atom. The predicted octanol–water partition coefficient (Wildman–Crippen LogP) is 4.62. The molecule has 168 valence electrons. The van der Waals surface area contributed by atoms with E-state index in [-0.39, 0.29) is 30.9 Å². The number of nitrogens with zero attached hydrogens (tertiary/aromatic N) is 2. The van der Waals surface area contributed by atoms with E-state index in [1.54, 1.807) is 12.1 Å². The molecule has 4 nitrogen and oxygen atoms in total. The number of halogens is 2. The first-order valence-electron chi connectivity index (χ1n) is 11.1. The summed E-state index contributed by atoms with van der Waals surface area (Å²) < 4.78 is 31.5. The normalized spacial score (nSPS) is 15.1. The standard InChI is InChI=1S/C25H32F2N2O2/c1-28-15-12-23(13-16-28)29(19-20-8-10-22(27)11-9-20)25(30)18-21-6-2-3-7-24(21)31-17-5-4-14-26/h2-3,6-11,23H,4-5,12-19H2,1H3. The van der Waals surface area contributed by atoms with Gasteiger partial charge in [-0.3, -0.25) is 9.18 Å². The molecule has 1 saturated heterocycles.